The summed E-state index contributed by atoms with van der Waals surface area (Å²) in [5.41, 5.74) is 1.10. The van der Waals surface area contributed by atoms with E-state index in [9.17, 15) is 14.7 Å². The van der Waals surface area contributed by atoms with Crippen LogP contribution < -0.4 is 4.74 Å². The van der Waals surface area contributed by atoms with E-state index in [4.69, 9.17) is 4.74 Å². The molecule has 0 bridgehead atoms. The minimum atomic E-state index is -1.15. The summed E-state index contributed by atoms with van der Waals surface area (Å²) < 4.78 is 5.60. The Bertz CT molecular complexity index is 668. The second-order valence-corrected chi connectivity index (χ2v) is 7.67. The van der Waals surface area contributed by atoms with Gasteiger partial charge in [0.1, 0.15) is 12.4 Å². The Morgan fingerprint density at radius 3 is 2.62 bits per heavy atom. The molecule has 1 atom stereocenters. The van der Waals surface area contributed by atoms with Crippen LogP contribution in [-0.2, 0) is 9.59 Å². The molecule has 0 saturated carbocycles. The van der Waals surface area contributed by atoms with Crippen LogP contribution in [0.2, 0.25) is 0 Å². The van der Waals surface area contributed by atoms with E-state index in [1.807, 2.05) is 43.1 Å². The molecule has 1 N–H and O–H groups in total. The highest BCUT2D eigenvalue weighted by atomic mass is 16.5. The zero-order chi connectivity index (χ0) is 18.7. The minimum Gasteiger partial charge on any atom is -0.490 e. The highest BCUT2D eigenvalue weighted by Crippen LogP contribution is 2.39. The third-order valence-electron chi connectivity index (χ3n) is 5.78. The number of aliphatic hydroxyl groups excluding tert-OH is 1. The van der Waals surface area contributed by atoms with Gasteiger partial charge in [-0.2, -0.15) is 0 Å². The molecule has 2 saturated heterocycles. The number of aliphatic hydroxyl groups is 1. The maximum atomic E-state index is 12.5. The third kappa shape index (κ3) is 4.01. The summed E-state index contributed by atoms with van der Waals surface area (Å²) in [5, 5.41) is 10.2. The van der Waals surface area contributed by atoms with Crippen LogP contribution in [0.5, 0.6) is 5.75 Å². The van der Waals surface area contributed by atoms with Gasteiger partial charge in [-0.25, -0.2) is 0 Å². The molecule has 2 aliphatic rings. The number of amides is 2. The van der Waals surface area contributed by atoms with E-state index in [1.165, 1.54) is 0 Å². The highest BCUT2D eigenvalue weighted by Gasteiger charge is 2.41. The van der Waals surface area contributed by atoms with E-state index < -0.39 is 6.10 Å². The molecule has 1 aromatic carbocycles. The summed E-state index contributed by atoms with van der Waals surface area (Å²) in [5.74, 6) is 0.624. The van der Waals surface area contributed by atoms with Crippen LogP contribution in [-0.4, -0.2) is 66.1 Å². The number of nitrogens with zero attached hydrogens (tertiary/aromatic N) is 2. The molecule has 2 amide bonds. The van der Waals surface area contributed by atoms with Gasteiger partial charge in [-0.05, 0) is 43.2 Å². The van der Waals surface area contributed by atoms with Crippen molar-refractivity contribution in [3.8, 4) is 5.75 Å². The van der Waals surface area contributed by atoms with E-state index in [0.29, 0.717) is 25.3 Å². The Balaban J connectivity index is 1.50. The lowest BCUT2D eigenvalue weighted by atomic mass is 9.72. The van der Waals surface area contributed by atoms with Crippen molar-refractivity contribution in [3.63, 3.8) is 0 Å². The Morgan fingerprint density at radius 2 is 1.96 bits per heavy atom. The van der Waals surface area contributed by atoms with Crippen molar-refractivity contribution < 1.29 is 19.4 Å². The molecule has 6 heteroatoms. The number of likely N-dealkylation sites (tertiary alicyclic amines) is 2. The molecule has 2 heterocycles. The van der Waals surface area contributed by atoms with Crippen molar-refractivity contribution in [2.75, 3.05) is 33.3 Å². The summed E-state index contributed by atoms with van der Waals surface area (Å²) >= 11 is 0. The highest BCUT2D eigenvalue weighted by molar-refractivity contribution is 5.81. The molecule has 2 aliphatic heterocycles. The topological polar surface area (TPSA) is 70.1 Å². The number of rotatable bonds is 4. The number of para-hydroxylation sites is 1. The molecule has 0 radical (unpaired) electrons. The van der Waals surface area contributed by atoms with Crippen LogP contribution >= 0.6 is 0 Å². The van der Waals surface area contributed by atoms with Gasteiger partial charge in [0.15, 0.2) is 6.10 Å². The molecule has 0 unspecified atom stereocenters. The van der Waals surface area contributed by atoms with E-state index in [-0.39, 0.29) is 23.8 Å². The number of benzene rings is 1. The standard InChI is InChI=1S/C20H28N2O4/c1-15-5-3-4-6-17(15)26-13-16(23)19(25)22-11-9-20(10-12-22)8-7-18(24)21(2)14-20/h3-6,16,23H,7-14H2,1-2H3/t16-/m1/s1. The Hall–Kier alpha value is -2.08. The van der Waals surface area contributed by atoms with Gasteiger partial charge in [0.05, 0.1) is 0 Å². The zero-order valence-electron chi connectivity index (χ0n) is 15.6. The summed E-state index contributed by atoms with van der Waals surface area (Å²) in [4.78, 5) is 27.8. The largest absolute Gasteiger partial charge is 0.490 e. The summed E-state index contributed by atoms with van der Waals surface area (Å²) in [7, 11) is 1.85. The van der Waals surface area contributed by atoms with E-state index in [0.717, 1.165) is 31.4 Å². The van der Waals surface area contributed by atoms with E-state index in [2.05, 4.69) is 0 Å². The van der Waals surface area contributed by atoms with Crippen molar-refractivity contribution in [2.45, 2.75) is 38.7 Å². The van der Waals surface area contributed by atoms with Crippen LogP contribution in [0.15, 0.2) is 24.3 Å². The first-order chi connectivity index (χ1) is 12.4. The molecule has 2 fully saturated rings. The molecule has 0 aromatic heterocycles. The molecule has 3 rings (SSSR count). The fraction of sp³-hybridized carbons (Fsp3) is 0.600. The van der Waals surface area contributed by atoms with Crippen LogP contribution in [0, 0.1) is 12.3 Å². The SMILES string of the molecule is Cc1ccccc1OC[C@@H](O)C(=O)N1CCC2(CCC(=O)N(C)C2)CC1. The number of aryl methyl sites for hydroxylation is 1. The molecule has 142 valence electrons. The monoisotopic (exact) mass is 360 g/mol. The second kappa shape index (κ2) is 7.66. The number of carbonyl (C=O) groups is 2. The first-order valence-electron chi connectivity index (χ1n) is 9.29. The molecular weight excluding hydrogens is 332 g/mol. The van der Waals surface area contributed by atoms with Crippen LogP contribution in [0.1, 0.15) is 31.2 Å². The van der Waals surface area contributed by atoms with Gasteiger partial charge in [0, 0.05) is 33.1 Å². The van der Waals surface area contributed by atoms with Gasteiger partial charge < -0.3 is 19.6 Å². The maximum Gasteiger partial charge on any atom is 0.254 e. The van der Waals surface area contributed by atoms with Crippen molar-refractivity contribution in [1.29, 1.82) is 0 Å². The smallest absolute Gasteiger partial charge is 0.254 e. The summed E-state index contributed by atoms with van der Waals surface area (Å²) in [6.07, 6.45) is 2.09. The number of hydrogen-bond donors (Lipinski definition) is 1. The second-order valence-electron chi connectivity index (χ2n) is 7.67. The number of piperidine rings is 2. The van der Waals surface area contributed by atoms with Crippen molar-refractivity contribution in [3.05, 3.63) is 29.8 Å². The predicted molar refractivity (Wildman–Crippen MR) is 97.8 cm³/mol. The molecule has 6 nitrogen and oxygen atoms in total. The molecule has 26 heavy (non-hydrogen) atoms. The summed E-state index contributed by atoms with van der Waals surface area (Å²) in [6.45, 7) is 3.92. The average molecular weight is 360 g/mol. The van der Waals surface area contributed by atoms with Crippen molar-refractivity contribution in [2.24, 2.45) is 5.41 Å². The lowest BCUT2D eigenvalue weighted by Gasteiger charge is -2.46. The number of ether oxygens (including phenoxy) is 1. The fourth-order valence-corrected chi connectivity index (χ4v) is 4.01. The van der Waals surface area contributed by atoms with Crippen LogP contribution in [0.4, 0.5) is 0 Å². The third-order valence-corrected chi connectivity index (χ3v) is 5.78. The quantitative estimate of drug-likeness (QED) is 0.885. The van der Waals surface area contributed by atoms with Gasteiger partial charge in [0.2, 0.25) is 5.91 Å². The lowest BCUT2D eigenvalue weighted by Crippen LogP contribution is -2.53. The van der Waals surface area contributed by atoms with Crippen molar-refractivity contribution >= 4 is 11.8 Å². The fourth-order valence-electron chi connectivity index (χ4n) is 4.01. The minimum absolute atomic E-state index is 0.0391. The normalized spacial score (nSPS) is 21.0. The first kappa shape index (κ1) is 18.7. The number of carbonyl (C=O) groups excluding carboxylic acids is 2. The van der Waals surface area contributed by atoms with Gasteiger partial charge >= 0.3 is 0 Å². The van der Waals surface area contributed by atoms with Crippen LogP contribution in [0.25, 0.3) is 0 Å². The van der Waals surface area contributed by atoms with Gasteiger partial charge in [-0.15, -0.1) is 0 Å². The number of hydrogen-bond acceptors (Lipinski definition) is 4. The predicted octanol–water partition coefficient (Wildman–Crippen LogP) is 1.60. The van der Waals surface area contributed by atoms with E-state index in [1.54, 1.807) is 4.90 Å². The van der Waals surface area contributed by atoms with Crippen LogP contribution in [0.3, 0.4) is 0 Å². The molecule has 0 aliphatic carbocycles. The molecule has 1 spiro atoms. The van der Waals surface area contributed by atoms with Gasteiger partial charge in [-0.1, -0.05) is 18.2 Å². The van der Waals surface area contributed by atoms with Gasteiger partial charge in [0.25, 0.3) is 5.91 Å². The van der Waals surface area contributed by atoms with Crippen molar-refractivity contribution in [1.82, 2.24) is 9.80 Å². The van der Waals surface area contributed by atoms with E-state index >= 15 is 0 Å². The maximum absolute atomic E-state index is 12.5. The van der Waals surface area contributed by atoms with Gasteiger partial charge in [-0.3, -0.25) is 9.59 Å². The first-order valence-corrected chi connectivity index (χ1v) is 9.29. The Morgan fingerprint density at radius 1 is 1.27 bits per heavy atom. The lowest BCUT2D eigenvalue weighted by molar-refractivity contribution is -0.147. The Labute approximate surface area is 154 Å². The average Bonchev–Trinajstić information content (AvgIpc) is 2.64. The Kier molecular flexibility index (Phi) is 5.51. The molecular formula is C20H28N2O4. The summed E-state index contributed by atoms with van der Waals surface area (Å²) in [6, 6.07) is 7.55. The zero-order valence-corrected chi connectivity index (χ0v) is 15.6. The molecule has 1 aromatic rings.